The molecule has 2 nitrogen and oxygen atoms in total. The summed E-state index contributed by atoms with van der Waals surface area (Å²) >= 11 is 3.17. The van der Waals surface area contributed by atoms with Gasteiger partial charge in [-0.2, -0.15) is 13.2 Å². The molecular weight excluding hydrogens is 261 g/mol. The lowest BCUT2D eigenvalue weighted by molar-refractivity contribution is -0.115. The molecule has 0 spiro atoms. The first-order valence-electron chi connectivity index (χ1n) is 3.81. The Kier molecular flexibility index (Phi) is 3.36. The molecule has 6 heteroatoms. The first kappa shape index (κ1) is 11.3. The second-order valence-corrected chi connectivity index (χ2v) is 3.70. The van der Waals surface area contributed by atoms with Crippen molar-refractivity contribution in [1.82, 2.24) is 4.98 Å². The fourth-order valence-electron chi connectivity index (χ4n) is 0.909. The Morgan fingerprint density at radius 3 is 2.64 bits per heavy atom. The summed E-state index contributed by atoms with van der Waals surface area (Å²) in [5.74, 6) is 0.255. The molecule has 1 aromatic heterocycles. The Hall–Kier alpha value is -0.780. The molecule has 0 atom stereocenters. The van der Waals surface area contributed by atoms with Gasteiger partial charge in [0.2, 0.25) is 0 Å². The quantitative estimate of drug-likeness (QED) is 0.892. The van der Waals surface area contributed by atoms with Crippen molar-refractivity contribution in [2.45, 2.75) is 13.1 Å². The molecule has 0 fully saturated rings. The second kappa shape index (κ2) is 4.16. The molecule has 0 radical (unpaired) electrons. The molecule has 1 aromatic rings. The molecular formula is C8H8BrF3N2. The Labute approximate surface area is 87.7 Å². The fourth-order valence-corrected chi connectivity index (χ4v) is 1.36. The van der Waals surface area contributed by atoms with Crippen LogP contribution in [0.1, 0.15) is 5.56 Å². The number of halogens is 4. The summed E-state index contributed by atoms with van der Waals surface area (Å²) in [5.41, 5.74) is 0.670. The summed E-state index contributed by atoms with van der Waals surface area (Å²) < 4.78 is 36.3. The van der Waals surface area contributed by atoms with Gasteiger partial charge >= 0.3 is 6.18 Å². The van der Waals surface area contributed by atoms with Crippen LogP contribution in [0.15, 0.2) is 16.7 Å². The van der Waals surface area contributed by atoms with Gasteiger partial charge in [-0.1, -0.05) is 0 Å². The van der Waals surface area contributed by atoms with Crippen molar-refractivity contribution in [3.05, 3.63) is 22.3 Å². The minimum absolute atomic E-state index is 0.255. The normalized spacial score (nSPS) is 11.5. The highest BCUT2D eigenvalue weighted by molar-refractivity contribution is 9.10. The van der Waals surface area contributed by atoms with E-state index in [1.165, 1.54) is 6.20 Å². The molecule has 1 heterocycles. The molecule has 78 valence electrons. The zero-order valence-electron chi connectivity index (χ0n) is 7.32. The maximum Gasteiger partial charge on any atom is 0.405 e. The standard InChI is InChI=1S/C8H8BrF3N2/c1-5-2-6(9)3-13-7(5)14-4-8(10,11)12/h2-3H,4H2,1H3,(H,13,14). The van der Waals surface area contributed by atoms with Gasteiger partial charge in [0.25, 0.3) is 0 Å². The van der Waals surface area contributed by atoms with E-state index in [4.69, 9.17) is 0 Å². The number of hydrogen-bond donors (Lipinski definition) is 1. The minimum Gasteiger partial charge on any atom is -0.361 e. The minimum atomic E-state index is -4.22. The van der Waals surface area contributed by atoms with Crippen molar-refractivity contribution in [3.63, 3.8) is 0 Å². The highest BCUT2D eigenvalue weighted by Gasteiger charge is 2.26. The molecule has 1 rings (SSSR count). The molecule has 0 aromatic carbocycles. The Bertz CT molecular complexity index is 325. The second-order valence-electron chi connectivity index (χ2n) is 2.79. The molecule has 0 saturated carbocycles. The van der Waals surface area contributed by atoms with Crippen LogP contribution in [0.25, 0.3) is 0 Å². The van der Waals surface area contributed by atoms with Crippen LogP contribution in [0.2, 0.25) is 0 Å². The van der Waals surface area contributed by atoms with Gasteiger partial charge in [0.15, 0.2) is 0 Å². The van der Waals surface area contributed by atoms with Gasteiger partial charge in [-0.05, 0) is 34.5 Å². The third kappa shape index (κ3) is 3.53. The fraction of sp³-hybridized carbons (Fsp3) is 0.375. The van der Waals surface area contributed by atoms with E-state index >= 15 is 0 Å². The lowest BCUT2D eigenvalue weighted by atomic mass is 10.3. The van der Waals surface area contributed by atoms with E-state index in [1.54, 1.807) is 13.0 Å². The van der Waals surface area contributed by atoms with Crippen LogP contribution in [0.5, 0.6) is 0 Å². The number of aromatic nitrogens is 1. The average molecular weight is 269 g/mol. The van der Waals surface area contributed by atoms with Gasteiger partial charge in [-0.3, -0.25) is 0 Å². The average Bonchev–Trinajstić information content (AvgIpc) is 2.00. The summed E-state index contributed by atoms with van der Waals surface area (Å²) in [6.45, 7) is 0.624. The number of anilines is 1. The summed E-state index contributed by atoms with van der Waals surface area (Å²) in [7, 11) is 0. The van der Waals surface area contributed by atoms with E-state index < -0.39 is 12.7 Å². The van der Waals surface area contributed by atoms with Crippen LogP contribution >= 0.6 is 15.9 Å². The molecule has 0 saturated heterocycles. The number of rotatable bonds is 2. The third-order valence-electron chi connectivity index (χ3n) is 1.50. The summed E-state index contributed by atoms with van der Waals surface area (Å²) in [6, 6.07) is 1.70. The predicted octanol–water partition coefficient (Wildman–Crippen LogP) is 3.13. The van der Waals surface area contributed by atoms with E-state index in [9.17, 15) is 13.2 Å². The highest BCUT2D eigenvalue weighted by Crippen LogP contribution is 2.19. The third-order valence-corrected chi connectivity index (χ3v) is 1.93. The van der Waals surface area contributed by atoms with Crippen LogP contribution in [0, 0.1) is 6.92 Å². The van der Waals surface area contributed by atoms with Crippen LogP contribution in [0.4, 0.5) is 19.0 Å². The molecule has 0 unspecified atom stereocenters. The van der Waals surface area contributed by atoms with Gasteiger partial charge in [0, 0.05) is 10.7 Å². The van der Waals surface area contributed by atoms with Gasteiger partial charge in [0.05, 0.1) is 0 Å². The van der Waals surface area contributed by atoms with Gasteiger partial charge in [-0.25, -0.2) is 4.98 Å². The number of nitrogens with zero attached hydrogens (tertiary/aromatic N) is 1. The molecule has 0 aliphatic heterocycles. The highest BCUT2D eigenvalue weighted by atomic mass is 79.9. The van der Waals surface area contributed by atoms with Crippen molar-refractivity contribution >= 4 is 21.7 Å². The lowest BCUT2D eigenvalue weighted by Gasteiger charge is -2.10. The van der Waals surface area contributed by atoms with E-state index in [2.05, 4.69) is 26.2 Å². The predicted molar refractivity (Wildman–Crippen MR) is 51.2 cm³/mol. The molecule has 0 aliphatic carbocycles. The topological polar surface area (TPSA) is 24.9 Å². The monoisotopic (exact) mass is 268 g/mol. The van der Waals surface area contributed by atoms with Crippen LogP contribution in [0.3, 0.4) is 0 Å². The van der Waals surface area contributed by atoms with Gasteiger partial charge in [-0.15, -0.1) is 0 Å². The first-order valence-corrected chi connectivity index (χ1v) is 4.60. The molecule has 0 bridgehead atoms. The van der Waals surface area contributed by atoms with Crippen LogP contribution in [-0.2, 0) is 0 Å². The SMILES string of the molecule is Cc1cc(Br)cnc1NCC(F)(F)F. The van der Waals surface area contributed by atoms with Crippen molar-refractivity contribution in [2.75, 3.05) is 11.9 Å². The van der Waals surface area contributed by atoms with Crippen molar-refractivity contribution in [1.29, 1.82) is 0 Å². The van der Waals surface area contributed by atoms with E-state index in [0.29, 0.717) is 5.56 Å². The van der Waals surface area contributed by atoms with E-state index in [0.717, 1.165) is 4.47 Å². The van der Waals surface area contributed by atoms with Crippen molar-refractivity contribution in [3.8, 4) is 0 Å². The zero-order valence-corrected chi connectivity index (χ0v) is 8.91. The summed E-state index contributed by atoms with van der Waals surface area (Å²) in [5, 5.41) is 2.22. The largest absolute Gasteiger partial charge is 0.405 e. The number of hydrogen-bond acceptors (Lipinski definition) is 2. The Morgan fingerprint density at radius 1 is 1.50 bits per heavy atom. The zero-order chi connectivity index (χ0) is 10.8. The maximum absolute atomic E-state index is 11.9. The summed E-state index contributed by atoms with van der Waals surface area (Å²) in [6.07, 6.45) is -2.77. The van der Waals surface area contributed by atoms with Gasteiger partial charge in [0.1, 0.15) is 12.4 Å². The molecule has 0 amide bonds. The Balaban J connectivity index is 2.68. The van der Waals surface area contributed by atoms with Gasteiger partial charge < -0.3 is 5.32 Å². The van der Waals surface area contributed by atoms with Crippen molar-refractivity contribution in [2.24, 2.45) is 0 Å². The molecule has 14 heavy (non-hydrogen) atoms. The number of aryl methyl sites for hydroxylation is 1. The summed E-state index contributed by atoms with van der Waals surface area (Å²) in [4.78, 5) is 3.82. The van der Waals surface area contributed by atoms with E-state index in [-0.39, 0.29) is 5.82 Å². The lowest BCUT2D eigenvalue weighted by Crippen LogP contribution is -2.22. The van der Waals surface area contributed by atoms with Crippen LogP contribution < -0.4 is 5.32 Å². The Morgan fingerprint density at radius 2 is 2.14 bits per heavy atom. The molecule has 1 N–H and O–H groups in total. The molecule has 0 aliphatic rings. The van der Waals surface area contributed by atoms with Crippen molar-refractivity contribution < 1.29 is 13.2 Å². The smallest absolute Gasteiger partial charge is 0.361 e. The maximum atomic E-state index is 11.9. The van der Waals surface area contributed by atoms with E-state index in [1.807, 2.05) is 0 Å². The van der Waals surface area contributed by atoms with Crippen LogP contribution in [-0.4, -0.2) is 17.7 Å². The number of alkyl halides is 3. The number of nitrogens with one attached hydrogen (secondary N) is 1. The first-order chi connectivity index (χ1) is 6.38. The number of pyridine rings is 1.